The highest BCUT2D eigenvalue weighted by Crippen LogP contribution is 2.39. The average molecular weight is 350 g/mol. The summed E-state index contributed by atoms with van der Waals surface area (Å²) in [7, 11) is -3.57. The van der Waals surface area contributed by atoms with Gasteiger partial charge in [-0.1, -0.05) is 18.2 Å². The first-order valence-corrected chi connectivity index (χ1v) is 9.40. The van der Waals surface area contributed by atoms with Crippen LogP contribution >= 0.6 is 0 Å². The first-order chi connectivity index (χ1) is 10.8. The first-order valence-electron chi connectivity index (χ1n) is 7.91. The Morgan fingerprint density at radius 3 is 2.04 bits per heavy atom. The molecule has 0 aliphatic rings. The molecule has 24 heavy (non-hydrogen) atoms. The van der Waals surface area contributed by atoms with Crippen molar-refractivity contribution in [2.75, 3.05) is 0 Å². The van der Waals surface area contributed by atoms with E-state index < -0.39 is 14.6 Å². The van der Waals surface area contributed by atoms with Crippen LogP contribution in [0, 0.1) is 6.92 Å². The van der Waals surface area contributed by atoms with Crippen molar-refractivity contribution in [3.8, 4) is 17.0 Å². The Labute approximate surface area is 144 Å². The number of aromatic hydroxyl groups is 1. The fourth-order valence-electron chi connectivity index (χ4n) is 2.56. The zero-order valence-electron chi connectivity index (χ0n) is 15.4. The van der Waals surface area contributed by atoms with Crippen molar-refractivity contribution < 1.29 is 13.5 Å². The lowest BCUT2D eigenvalue weighted by Gasteiger charge is -2.21. The molecule has 0 unspecified atom stereocenters. The van der Waals surface area contributed by atoms with Gasteiger partial charge in [0.1, 0.15) is 5.69 Å². The first kappa shape index (κ1) is 18.5. The second-order valence-electron chi connectivity index (χ2n) is 7.98. The molecule has 0 saturated heterocycles. The molecule has 0 bridgehead atoms. The predicted molar refractivity (Wildman–Crippen MR) is 96.0 cm³/mol. The van der Waals surface area contributed by atoms with Crippen LogP contribution in [0.4, 0.5) is 0 Å². The van der Waals surface area contributed by atoms with E-state index in [1.807, 2.05) is 20.8 Å². The fourth-order valence-corrected chi connectivity index (χ4v) is 3.93. The van der Waals surface area contributed by atoms with Crippen LogP contribution in [0.1, 0.15) is 47.2 Å². The number of nitrogens with zero attached hydrogens (tertiary/aromatic N) is 2. The van der Waals surface area contributed by atoms with Gasteiger partial charge in [0.05, 0.1) is 20.9 Å². The molecule has 0 saturated carbocycles. The Morgan fingerprint density at radius 2 is 1.58 bits per heavy atom. The van der Waals surface area contributed by atoms with E-state index in [2.05, 4.69) is 5.10 Å². The molecule has 5 nitrogen and oxygen atoms in total. The van der Waals surface area contributed by atoms with Gasteiger partial charge in [-0.25, -0.2) is 8.42 Å². The van der Waals surface area contributed by atoms with E-state index in [0.29, 0.717) is 17.0 Å². The summed E-state index contributed by atoms with van der Waals surface area (Å²) in [5.74, 6) is 0.0153. The Morgan fingerprint density at radius 1 is 1.04 bits per heavy atom. The maximum Gasteiger partial charge on any atom is 0.183 e. The van der Waals surface area contributed by atoms with Gasteiger partial charge in [0, 0.05) is 5.56 Å². The highest BCUT2D eigenvalue weighted by Gasteiger charge is 2.34. The van der Waals surface area contributed by atoms with Crippen molar-refractivity contribution in [3.63, 3.8) is 0 Å². The third-order valence-electron chi connectivity index (χ3n) is 3.96. The van der Waals surface area contributed by atoms with E-state index in [9.17, 15) is 13.5 Å². The van der Waals surface area contributed by atoms with Crippen molar-refractivity contribution >= 4 is 9.84 Å². The van der Waals surface area contributed by atoms with Crippen molar-refractivity contribution in [2.45, 2.75) is 63.6 Å². The molecule has 0 radical (unpaired) electrons. The van der Waals surface area contributed by atoms with Gasteiger partial charge in [0.15, 0.2) is 15.6 Å². The quantitative estimate of drug-likeness (QED) is 0.892. The molecule has 2 rings (SSSR count). The molecule has 1 heterocycles. The van der Waals surface area contributed by atoms with E-state index in [1.165, 1.54) is 0 Å². The Hall–Kier alpha value is -1.82. The molecule has 2 aromatic rings. The largest absolute Gasteiger partial charge is 0.504 e. The molecule has 6 heteroatoms. The maximum absolute atomic E-state index is 12.9. The van der Waals surface area contributed by atoms with Gasteiger partial charge in [0.25, 0.3) is 0 Å². The predicted octanol–water partition coefficient (Wildman–Crippen LogP) is 3.89. The average Bonchev–Trinajstić information content (AvgIpc) is 2.74. The molecule has 0 aliphatic carbocycles. The fraction of sp³-hybridized carbons (Fsp3) is 0.500. The lowest BCUT2D eigenvalue weighted by Crippen LogP contribution is -2.28. The van der Waals surface area contributed by atoms with Gasteiger partial charge >= 0.3 is 0 Å². The summed E-state index contributed by atoms with van der Waals surface area (Å²) in [4.78, 5) is 0.186. The summed E-state index contributed by atoms with van der Waals surface area (Å²) in [5, 5.41) is 15.1. The number of rotatable bonds is 2. The maximum atomic E-state index is 12.9. The monoisotopic (exact) mass is 350 g/mol. The molecule has 1 aromatic carbocycles. The van der Waals surface area contributed by atoms with E-state index in [-0.39, 0.29) is 16.2 Å². The summed E-state index contributed by atoms with van der Waals surface area (Å²) < 4.78 is 26.6. The van der Waals surface area contributed by atoms with Gasteiger partial charge in [-0.3, -0.25) is 4.68 Å². The molecule has 0 aliphatic heterocycles. The normalized spacial score (nSPS) is 13.3. The molecular formula is C18H26N2O3S. The molecule has 0 fully saturated rings. The van der Waals surface area contributed by atoms with Crippen LogP contribution in [0.3, 0.4) is 0 Å². The number of benzene rings is 1. The van der Waals surface area contributed by atoms with Crippen molar-refractivity contribution in [2.24, 2.45) is 0 Å². The minimum atomic E-state index is -3.57. The number of hydrogen-bond acceptors (Lipinski definition) is 4. The molecule has 1 N–H and O–H groups in total. The van der Waals surface area contributed by atoms with Crippen LogP contribution in [0.15, 0.2) is 29.2 Å². The summed E-state index contributed by atoms with van der Waals surface area (Å²) in [6.45, 7) is 12.7. The molecule has 1 aromatic heterocycles. The number of sulfone groups is 1. The molecule has 0 amide bonds. The van der Waals surface area contributed by atoms with Gasteiger partial charge in [-0.15, -0.1) is 0 Å². The van der Waals surface area contributed by atoms with Gasteiger partial charge in [-0.2, -0.15) is 5.10 Å². The highest BCUT2D eigenvalue weighted by molar-refractivity contribution is 7.92. The van der Waals surface area contributed by atoms with Gasteiger partial charge < -0.3 is 5.11 Å². The van der Waals surface area contributed by atoms with Gasteiger partial charge in [0.2, 0.25) is 0 Å². The van der Waals surface area contributed by atoms with Crippen LogP contribution in [0.25, 0.3) is 11.3 Å². The lowest BCUT2D eigenvalue weighted by atomic mass is 10.1. The Kier molecular flexibility index (Phi) is 4.34. The third kappa shape index (κ3) is 2.95. The van der Waals surface area contributed by atoms with E-state index in [4.69, 9.17) is 0 Å². The van der Waals surface area contributed by atoms with Crippen molar-refractivity contribution in [1.29, 1.82) is 0 Å². The second kappa shape index (κ2) is 5.62. The Balaban J connectivity index is 2.79. The van der Waals surface area contributed by atoms with E-state index in [0.717, 1.165) is 0 Å². The third-order valence-corrected chi connectivity index (χ3v) is 6.51. The topological polar surface area (TPSA) is 72.2 Å². The van der Waals surface area contributed by atoms with Crippen LogP contribution in [0.2, 0.25) is 0 Å². The zero-order chi connectivity index (χ0) is 18.5. The van der Waals surface area contributed by atoms with Crippen LogP contribution in [0.5, 0.6) is 5.75 Å². The van der Waals surface area contributed by atoms with Crippen LogP contribution in [-0.4, -0.2) is 28.1 Å². The minimum absolute atomic E-state index is 0.0153. The molecule has 0 atom stereocenters. The molecule has 0 spiro atoms. The number of hydrogen-bond donors (Lipinski definition) is 1. The SMILES string of the molecule is Cc1c(O)c(-c2ccccc2S(=O)(=O)C(C)(C)C)nn1C(C)(C)C. The highest BCUT2D eigenvalue weighted by atomic mass is 32.2. The standard InChI is InChI=1S/C18H26N2O3S/c1-12-16(21)15(19-20(12)17(2,3)4)13-10-8-9-11-14(13)24(22,23)18(5,6)7/h8-11,21H,1-7H3. The Bertz CT molecular complexity index is 867. The zero-order valence-corrected chi connectivity index (χ0v) is 16.2. The van der Waals surface area contributed by atoms with Crippen molar-refractivity contribution in [3.05, 3.63) is 30.0 Å². The van der Waals surface area contributed by atoms with Crippen LogP contribution in [-0.2, 0) is 15.4 Å². The van der Waals surface area contributed by atoms with Gasteiger partial charge in [-0.05, 0) is 54.5 Å². The van der Waals surface area contributed by atoms with Crippen molar-refractivity contribution in [1.82, 2.24) is 9.78 Å². The summed E-state index contributed by atoms with van der Waals surface area (Å²) in [5.41, 5.74) is 1.01. The molecule has 132 valence electrons. The van der Waals surface area contributed by atoms with E-state index in [1.54, 1.807) is 56.6 Å². The summed E-state index contributed by atoms with van der Waals surface area (Å²) in [6, 6.07) is 6.70. The minimum Gasteiger partial charge on any atom is -0.504 e. The lowest BCUT2D eigenvalue weighted by molar-refractivity contribution is 0.345. The summed E-state index contributed by atoms with van der Waals surface area (Å²) in [6.07, 6.45) is 0. The second-order valence-corrected chi connectivity index (χ2v) is 10.6. The number of aromatic nitrogens is 2. The van der Waals surface area contributed by atoms with E-state index >= 15 is 0 Å². The smallest absolute Gasteiger partial charge is 0.183 e. The summed E-state index contributed by atoms with van der Waals surface area (Å²) >= 11 is 0. The van der Waals surface area contributed by atoms with Crippen LogP contribution < -0.4 is 0 Å². The molecular weight excluding hydrogens is 324 g/mol.